The normalized spacial score (nSPS) is 10.9. The molecule has 0 atom stereocenters. The van der Waals surface area contributed by atoms with E-state index in [1.165, 1.54) is 30.3 Å². The molecule has 0 bridgehead atoms. The Kier molecular flexibility index (Phi) is 6.52. The number of rotatable bonds is 5. The highest BCUT2D eigenvalue weighted by atomic mass is 35.5. The van der Waals surface area contributed by atoms with E-state index in [0.717, 1.165) is 18.2 Å². The van der Waals surface area contributed by atoms with Gasteiger partial charge in [0.05, 0.1) is 15.6 Å². The minimum atomic E-state index is -4.06. The molecular formula is C20H14ClF2N3O4S. The molecule has 3 rings (SSSR count). The van der Waals surface area contributed by atoms with Gasteiger partial charge < -0.3 is 0 Å². The molecule has 11 heteroatoms. The van der Waals surface area contributed by atoms with E-state index in [9.17, 15) is 26.8 Å². The molecule has 0 heterocycles. The van der Waals surface area contributed by atoms with Crippen molar-refractivity contribution in [1.82, 2.24) is 10.9 Å². The van der Waals surface area contributed by atoms with Gasteiger partial charge in [0, 0.05) is 17.2 Å². The van der Waals surface area contributed by atoms with Crippen molar-refractivity contribution in [2.24, 2.45) is 0 Å². The van der Waals surface area contributed by atoms with Gasteiger partial charge in [-0.1, -0.05) is 29.8 Å². The monoisotopic (exact) mass is 465 g/mol. The summed E-state index contributed by atoms with van der Waals surface area (Å²) in [6.45, 7) is 0. The quantitative estimate of drug-likeness (QED) is 0.502. The Balaban J connectivity index is 1.72. The average Bonchev–Trinajstić information content (AvgIpc) is 2.72. The number of hydrazine groups is 1. The van der Waals surface area contributed by atoms with Crippen LogP contribution in [-0.2, 0) is 10.0 Å². The molecule has 31 heavy (non-hydrogen) atoms. The van der Waals surface area contributed by atoms with Gasteiger partial charge in [0.15, 0.2) is 0 Å². The fourth-order valence-electron chi connectivity index (χ4n) is 2.49. The molecule has 160 valence electrons. The van der Waals surface area contributed by atoms with Crippen LogP contribution in [0.3, 0.4) is 0 Å². The van der Waals surface area contributed by atoms with Crippen LogP contribution < -0.4 is 15.6 Å². The zero-order valence-electron chi connectivity index (χ0n) is 15.5. The van der Waals surface area contributed by atoms with Gasteiger partial charge in [-0.05, 0) is 42.5 Å². The first-order valence-electron chi connectivity index (χ1n) is 8.60. The van der Waals surface area contributed by atoms with Gasteiger partial charge in [-0.2, -0.15) is 0 Å². The summed E-state index contributed by atoms with van der Waals surface area (Å²) >= 11 is 5.96. The number of anilines is 1. The highest BCUT2D eigenvalue weighted by molar-refractivity contribution is 7.92. The molecule has 3 aromatic carbocycles. The Morgan fingerprint density at radius 3 is 2.03 bits per heavy atom. The third-order valence-corrected chi connectivity index (χ3v) is 5.63. The van der Waals surface area contributed by atoms with Crippen LogP contribution in [0.25, 0.3) is 0 Å². The maximum atomic E-state index is 13.2. The Bertz CT molecular complexity index is 1250. The van der Waals surface area contributed by atoms with Gasteiger partial charge in [0.1, 0.15) is 11.6 Å². The van der Waals surface area contributed by atoms with Crippen molar-refractivity contribution >= 4 is 39.1 Å². The lowest BCUT2D eigenvalue weighted by molar-refractivity contribution is 0.0846. The molecule has 3 aromatic rings. The Morgan fingerprint density at radius 2 is 1.39 bits per heavy atom. The van der Waals surface area contributed by atoms with E-state index in [4.69, 9.17) is 11.6 Å². The number of amides is 2. The first-order valence-corrected chi connectivity index (χ1v) is 10.5. The van der Waals surface area contributed by atoms with Gasteiger partial charge >= 0.3 is 0 Å². The highest BCUT2D eigenvalue weighted by Gasteiger charge is 2.18. The summed E-state index contributed by atoms with van der Waals surface area (Å²) in [5.41, 5.74) is 3.78. The molecule has 2 amide bonds. The molecule has 7 nitrogen and oxygen atoms in total. The van der Waals surface area contributed by atoms with Crippen molar-refractivity contribution in [2.75, 3.05) is 4.72 Å². The fourth-order valence-corrected chi connectivity index (χ4v) is 3.86. The second-order valence-corrected chi connectivity index (χ2v) is 8.27. The summed E-state index contributed by atoms with van der Waals surface area (Å²) in [6, 6.07) is 13.4. The number of halogens is 3. The van der Waals surface area contributed by atoms with Crippen LogP contribution in [0.1, 0.15) is 20.7 Å². The lowest BCUT2D eigenvalue weighted by Crippen LogP contribution is -2.41. The van der Waals surface area contributed by atoms with Crippen LogP contribution in [0.5, 0.6) is 0 Å². The number of carbonyl (C=O) groups is 2. The number of sulfonamides is 1. The first kappa shape index (κ1) is 22.2. The van der Waals surface area contributed by atoms with Gasteiger partial charge in [0.2, 0.25) is 0 Å². The second kappa shape index (κ2) is 9.11. The highest BCUT2D eigenvalue weighted by Crippen LogP contribution is 2.24. The molecule has 0 aromatic heterocycles. The summed E-state index contributed by atoms with van der Waals surface area (Å²) in [5.74, 6) is -3.73. The van der Waals surface area contributed by atoms with Crippen molar-refractivity contribution in [3.8, 4) is 0 Å². The van der Waals surface area contributed by atoms with Crippen molar-refractivity contribution in [3.63, 3.8) is 0 Å². The lowest BCUT2D eigenvalue weighted by atomic mass is 10.2. The van der Waals surface area contributed by atoms with Gasteiger partial charge in [0.25, 0.3) is 21.8 Å². The van der Waals surface area contributed by atoms with Gasteiger partial charge in [-0.25, -0.2) is 17.2 Å². The third kappa shape index (κ3) is 5.56. The summed E-state index contributed by atoms with van der Waals surface area (Å²) in [4.78, 5) is 24.0. The van der Waals surface area contributed by atoms with Crippen LogP contribution in [-0.4, -0.2) is 20.2 Å². The molecule has 0 unspecified atom stereocenters. The molecule has 0 radical (unpaired) electrons. The number of hydrogen-bond donors (Lipinski definition) is 3. The first-order chi connectivity index (χ1) is 14.7. The zero-order chi connectivity index (χ0) is 22.6. The van der Waals surface area contributed by atoms with Crippen LogP contribution >= 0.6 is 11.6 Å². The van der Waals surface area contributed by atoms with Crippen molar-refractivity contribution in [3.05, 3.63) is 94.5 Å². The molecule has 0 saturated carbocycles. The summed E-state index contributed by atoms with van der Waals surface area (Å²) < 4.78 is 53.9. The minimum absolute atomic E-state index is 0.0900. The van der Waals surface area contributed by atoms with Crippen LogP contribution in [0.4, 0.5) is 14.5 Å². The van der Waals surface area contributed by atoms with E-state index in [-0.39, 0.29) is 26.7 Å². The maximum Gasteiger partial charge on any atom is 0.269 e. The SMILES string of the molecule is O=C(NNC(=O)c1cccc(S(=O)(=O)Nc2ccccc2Cl)c1)c1cc(F)cc(F)c1. The molecule has 0 aliphatic carbocycles. The number of carbonyl (C=O) groups excluding carboxylic acids is 2. The van der Waals surface area contributed by atoms with Crippen molar-refractivity contribution < 1.29 is 26.8 Å². The largest absolute Gasteiger partial charge is 0.278 e. The van der Waals surface area contributed by atoms with Crippen LogP contribution in [0.15, 0.2) is 71.6 Å². The number of para-hydroxylation sites is 1. The topological polar surface area (TPSA) is 104 Å². The molecule has 0 saturated heterocycles. The molecule has 0 fully saturated rings. The predicted molar refractivity (Wildman–Crippen MR) is 110 cm³/mol. The lowest BCUT2D eigenvalue weighted by Gasteiger charge is -2.11. The number of benzene rings is 3. The summed E-state index contributed by atoms with van der Waals surface area (Å²) in [5, 5.41) is 0.191. The smallest absolute Gasteiger partial charge is 0.269 e. The van der Waals surface area contributed by atoms with Crippen LogP contribution in [0.2, 0.25) is 5.02 Å². The van der Waals surface area contributed by atoms with Crippen molar-refractivity contribution in [1.29, 1.82) is 0 Å². The standard InChI is InChI=1S/C20H14ClF2N3O4S/c21-17-6-1-2-7-18(17)26-31(29,30)16-5-3-4-12(10-16)19(27)24-25-20(28)13-8-14(22)11-15(23)9-13/h1-11,26H,(H,24,27)(H,25,28). The predicted octanol–water partition coefficient (Wildman–Crippen LogP) is 3.49. The third-order valence-electron chi connectivity index (χ3n) is 3.94. The Hall–Kier alpha value is -3.50. The zero-order valence-corrected chi connectivity index (χ0v) is 17.1. The minimum Gasteiger partial charge on any atom is -0.278 e. The fraction of sp³-hybridized carbons (Fsp3) is 0. The van der Waals surface area contributed by atoms with E-state index in [0.29, 0.717) is 6.07 Å². The van der Waals surface area contributed by atoms with Crippen LogP contribution in [0, 0.1) is 11.6 Å². The van der Waals surface area contributed by atoms with E-state index in [2.05, 4.69) is 10.1 Å². The number of hydrogen-bond acceptors (Lipinski definition) is 4. The Morgan fingerprint density at radius 1 is 0.774 bits per heavy atom. The summed E-state index contributed by atoms with van der Waals surface area (Å²) in [6.07, 6.45) is 0. The van der Waals surface area contributed by atoms with E-state index < -0.39 is 33.5 Å². The second-order valence-electron chi connectivity index (χ2n) is 6.18. The van der Waals surface area contributed by atoms with E-state index >= 15 is 0 Å². The van der Waals surface area contributed by atoms with Gasteiger partial charge in [-0.3, -0.25) is 25.2 Å². The molecule has 0 aliphatic rings. The Labute approximate surface area is 181 Å². The number of nitrogens with one attached hydrogen (secondary N) is 3. The average molecular weight is 466 g/mol. The van der Waals surface area contributed by atoms with E-state index in [1.807, 2.05) is 5.43 Å². The molecule has 3 N–H and O–H groups in total. The maximum absolute atomic E-state index is 13.2. The van der Waals surface area contributed by atoms with Crippen molar-refractivity contribution in [2.45, 2.75) is 4.90 Å². The molecular weight excluding hydrogens is 452 g/mol. The van der Waals surface area contributed by atoms with E-state index in [1.54, 1.807) is 12.1 Å². The molecule has 0 aliphatic heterocycles. The molecule has 0 spiro atoms. The van der Waals surface area contributed by atoms with Gasteiger partial charge in [-0.15, -0.1) is 0 Å². The summed E-state index contributed by atoms with van der Waals surface area (Å²) in [7, 11) is -4.06.